The molecule has 1 aliphatic rings. The van der Waals surface area contributed by atoms with Gasteiger partial charge in [0.2, 0.25) is 0 Å². The van der Waals surface area contributed by atoms with Gasteiger partial charge in [-0.3, -0.25) is 4.90 Å². The number of para-hydroxylation sites is 1. The van der Waals surface area contributed by atoms with E-state index in [-0.39, 0.29) is 0 Å². The highest BCUT2D eigenvalue weighted by Crippen LogP contribution is 2.34. The topological polar surface area (TPSA) is 68.7 Å². The monoisotopic (exact) mass is 468 g/mol. The van der Waals surface area contributed by atoms with E-state index in [0.717, 1.165) is 61.7 Å². The van der Waals surface area contributed by atoms with E-state index in [1.54, 1.807) is 13.4 Å². The molecule has 1 aromatic heterocycles. The van der Waals surface area contributed by atoms with Gasteiger partial charge >= 0.3 is 0 Å². The number of anilines is 2. The smallest absolute Gasteiger partial charge is 0.162 e. The Balaban J connectivity index is 0.000000758. The van der Waals surface area contributed by atoms with Gasteiger partial charge in [0.25, 0.3) is 0 Å². The van der Waals surface area contributed by atoms with Crippen LogP contribution in [-0.4, -0.2) is 61.4 Å². The lowest BCUT2D eigenvalue weighted by Crippen LogP contribution is -2.37. The number of hydrogen-bond donors (Lipinski definition) is 1. The lowest BCUT2D eigenvalue weighted by atomic mass is 10.2. The molecule has 3 aromatic rings. The third-order valence-electron chi connectivity index (χ3n) is 4.94. The fourth-order valence-electron chi connectivity index (χ4n) is 3.39. The molecule has 186 valence electrons. The molecule has 0 aliphatic carbocycles. The van der Waals surface area contributed by atoms with Crippen LogP contribution in [0, 0.1) is 0 Å². The summed E-state index contributed by atoms with van der Waals surface area (Å²) in [6.45, 7) is 13.5. The van der Waals surface area contributed by atoms with Crippen molar-refractivity contribution in [3.8, 4) is 11.5 Å². The Bertz CT molecular complexity index is 947. The van der Waals surface area contributed by atoms with Crippen LogP contribution in [0.3, 0.4) is 0 Å². The molecule has 0 bridgehead atoms. The molecular formula is C27H40N4O3. The van der Waals surface area contributed by atoms with E-state index in [1.165, 1.54) is 6.42 Å². The summed E-state index contributed by atoms with van der Waals surface area (Å²) in [5, 5.41) is 4.25. The van der Waals surface area contributed by atoms with E-state index < -0.39 is 0 Å². The minimum atomic E-state index is 0.619. The number of hydrogen-bond acceptors (Lipinski definition) is 7. The molecule has 0 atom stereocenters. The highest BCUT2D eigenvalue weighted by molar-refractivity contribution is 5.93. The lowest BCUT2D eigenvalue weighted by Gasteiger charge is -2.26. The van der Waals surface area contributed by atoms with E-state index >= 15 is 0 Å². The van der Waals surface area contributed by atoms with Gasteiger partial charge in [0, 0.05) is 36.8 Å². The van der Waals surface area contributed by atoms with Crippen molar-refractivity contribution in [3.05, 3.63) is 48.8 Å². The van der Waals surface area contributed by atoms with Crippen LogP contribution in [0.15, 0.2) is 48.8 Å². The van der Waals surface area contributed by atoms with E-state index in [0.29, 0.717) is 18.1 Å². The average molecular weight is 469 g/mol. The summed E-state index contributed by atoms with van der Waals surface area (Å²) in [5.74, 6) is 2.11. The summed E-state index contributed by atoms with van der Waals surface area (Å²) >= 11 is 0. The van der Waals surface area contributed by atoms with Crippen molar-refractivity contribution in [2.24, 2.45) is 0 Å². The number of ether oxygens (including phenoxy) is 3. The Labute approximate surface area is 204 Å². The Morgan fingerprint density at radius 3 is 2.38 bits per heavy atom. The molecule has 1 aliphatic heterocycles. The minimum Gasteiger partial charge on any atom is -0.493 e. The first-order valence-electron chi connectivity index (χ1n) is 12.3. The van der Waals surface area contributed by atoms with E-state index in [1.807, 2.05) is 56.3 Å². The maximum absolute atomic E-state index is 6.07. The zero-order valence-corrected chi connectivity index (χ0v) is 21.3. The Morgan fingerprint density at radius 1 is 1.00 bits per heavy atom. The molecule has 2 heterocycles. The normalized spacial score (nSPS) is 13.2. The summed E-state index contributed by atoms with van der Waals surface area (Å²) in [6, 6.07) is 13.8. The Morgan fingerprint density at radius 2 is 1.71 bits per heavy atom. The van der Waals surface area contributed by atoms with Crippen molar-refractivity contribution in [2.45, 2.75) is 40.5 Å². The molecule has 0 spiro atoms. The van der Waals surface area contributed by atoms with Crippen molar-refractivity contribution in [2.75, 3.05) is 51.9 Å². The summed E-state index contributed by atoms with van der Waals surface area (Å²) in [5.41, 5.74) is 1.77. The van der Waals surface area contributed by atoms with Crippen molar-refractivity contribution in [1.29, 1.82) is 0 Å². The van der Waals surface area contributed by atoms with Crippen LogP contribution in [0.2, 0.25) is 0 Å². The zero-order valence-electron chi connectivity index (χ0n) is 21.3. The highest BCUT2D eigenvalue weighted by Gasteiger charge is 2.13. The number of fused-ring (bicyclic) bond motifs is 1. The molecule has 7 nitrogen and oxygen atoms in total. The molecule has 7 heteroatoms. The maximum atomic E-state index is 6.07. The predicted molar refractivity (Wildman–Crippen MR) is 140 cm³/mol. The molecular weight excluding hydrogens is 428 g/mol. The van der Waals surface area contributed by atoms with Crippen LogP contribution in [0.5, 0.6) is 11.5 Å². The van der Waals surface area contributed by atoms with Crippen LogP contribution < -0.4 is 14.8 Å². The number of morpholine rings is 1. The minimum absolute atomic E-state index is 0.619. The first-order chi connectivity index (χ1) is 16.7. The molecule has 2 aromatic carbocycles. The van der Waals surface area contributed by atoms with Crippen molar-refractivity contribution >= 4 is 22.4 Å². The van der Waals surface area contributed by atoms with E-state index in [4.69, 9.17) is 14.2 Å². The highest BCUT2D eigenvalue weighted by atomic mass is 16.5. The number of benzene rings is 2. The predicted octanol–water partition coefficient (Wildman–Crippen LogP) is 5.93. The Hall–Kier alpha value is -2.90. The zero-order chi connectivity index (χ0) is 24.6. The summed E-state index contributed by atoms with van der Waals surface area (Å²) in [6.07, 6.45) is 3.75. The van der Waals surface area contributed by atoms with Crippen molar-refractivity contribution in [1.82, 2.24) is 14.9 Å². The number of methoxy groups -OCH3 is 1. The van der Waals surface area contributed by atoms with Crippen LogP contribution >= 0.6 is 0 Å². The van der Waals surface area contributed by atoms with Crippen LogP contribution in [0.4, 0.5) is 11.5 Å². The van der Waals surface area contributed by atoms with Gasteiger partial charge in [-0.05, 0) is 24.6 Å². The molecule has 34 heavy (non-hydrogen) atoms. The van der Waals surface area contributed by atoms with Gasteiger partial charge in [0.15, 0.2) is 11.5 Å². The molecule has 0 radical (unpaired) electrons. The molecule has 1 N–H and O–H groups in total. The third-order valence-corrected chi connectivity index (χ3v) is 4.94. The SMILES string of the molecule is CC.CCC.COc1cc2ncnc(Nc3ccccc3)c2cc1OCCCN1CCOCC1. The summed E-state index contributed by atoms with van der Waals surface area (Å²) < 4.78 is 17.0. The average Bonchev–Trinajstić information content (AvgIpc) is 2.89. The van der Waals surface area contributed by atoms with Gasteiger partial charge in [-0.25, -0.2) is 9.97 Å². The fraction of sp³-hybridized carbons (Fsp3) is 0.481. The molecule has 4 rings (SSSR count). The maximum Gasteiger partial charge on any atom is 0.162 e. The fourth-order valence-corrected chi connectivity index (χ4v) is 3.39. The Kier molecular flexibility index (Phi) is 12.7. The second kappa shape index (κ2) is 15.9. The number of rotatable bonds is 8. The molecule has 1 saturated heterocycles. The third kappa shape index (κ3) is 8.47. The number of nitrogens with one attached hydrogen (secondary N) is 1. The van der Waals surface area contributed by atoms with Gasteiger partial charge in [-0.2, -0.15) is 0 Å². The lowest BCUT2D eigenvalue weighted by molar-refractivity contribution is 0.0357. The van der Waals surface area contributed by atoms with Crippen molar-refractivity contribution < 1.29 is 14.2 Å². The molecule has 0 saturated carbocycles. The van der Waals surface area contributed by atoms with Crippen LogP contribution in [0.1, 0.15) is 40.5 Å². The van der Waals surface area contributed by atoms with Crippen LogP contribution in [0.25, 0.3) is 10.9 Å². The number of aromatic nitrogens is 2. The second-order valence-corrected chi connectivity index (χ2v) is 7.60. The largest absolute Gasteiger partial charge is 0.493 e. The quantitative estimate of drug-likeness (QED) is 0.411. The van der Waals surface area contributed by atoms with Gasteiger partial charge < -0.3 is 19.5 Å². The summed E-state index contributed by atoms with van der Waals surface area (Å²) in [4.78, 5) is 11.2. The van der Waals surface area contributed by atoms with Crippen LogP contribution in [-0.2, 0) is 4.74 Å². The van der Waals surface area contributed by atoms with Gasteiger partial charge in [-0.1, -0.05) is 52.3 Å². The molecule has 1 fully saturated rings. The number of nitrogens with zero attached hydrogens (tertiary/aromatic N) is 3. The van der Waals surface area contributed by atoms with E-state index in [2.05, 4.69) is 34.0 Å². The summed E-state index contributed by atoms with van der Waals surface area (Å²) in [7, 11) is 1.64. The van der Waals surface area contributed by atoms with Gasteiger partial charge in [0.1, 0.15) is 12.1 Å². The van der Waals surface area contributed by atoms with Gasteiger partial charge in [0.05, 0.1) is 32.4 Å². The molecule has 0 unspecified atom stereocenters. The van der Waals surface area contributed by atoms with Gasteiger partial charge in [-0.15, -0.1) is 0 Å². The standard InChI is InChI=1S/C22H26N4O3.C3H8.C2H6/c1-27-20-15-19-18(22(24-16-23-19)25-17-6-3-2-4-7-17)14-21(20)29-11-5-8-26-9-12-28-13-10-26;1-3-2;1-2/h2-4,6-7,14-16H,5,8-13H2,1H3,(H,23,24,25);3H2,1-2H3;1-2H3. The first kappa shape index (κ1) is 27.3. The first-order valence-corrected chi connectivity index (χ1v) is 12.3. The van der Waals surface area contributed by atoms with E-state index in [9.17, 15) is 0 Å². The van der Waals surface area contributed by atoms with Crippen molar-refractivity contribution in [3.63, 3.8) is 0 Å². The molecule has 0 amide bonds. The second-order valence-electron chi connectivity index (χ2n) is 7.60.